The molecular weight excluding hydrogens is 172 g/mol. The topological polar surface area (TPSA) is 15.3 Å². The van der Waals surface area contributed by atoms with Gasteiger partial charge in [0.15, 0.2) is 0 Å². The van der Waals surface area contributed by atoms with Crippen LogP contribution in [-0.2, 0) is 0 Å². The van der Waals surface area contributed by atoms with Gasteiger partial charge < -0.3 is 10.2 Å². The van der Waals surface area contributed by atoms with Crippen molar-refractivity contribution in [1.29, 1.82) is 0 Å². The van der Waals surface area contributed by atoms with Gasteiger partial charge >= 0.3 is 0 Å². The lowest BCUT2D eigenvalue weighted by Crippen LogP contribution is -2.49. The monoisotopic (exact) mass is 196 g/mol. The van der Waals surface area contributed by atoms with E-state index in [1.54, 1.807) is 0 Å². The van der Waals surface area contributed by atoms with E-state index in [1.165, 1.54) is 45.3 Å². The summed E-state index contributed by atoms with van der Waals surface area (Å²) in [6.45, 7) is 6.35. The molecule has 0 radical (unpaired) electrons. The first kappa shape index (κ1) is 10.4. The van der Waals surface area contributed by atoms with Crippen molar-refractivity contribution in [2.45, 2.75) is 38.6 Å². The molecule has 0 amide bonds. The largest absolute Gasteiger partial charge is 0.316 e. The first-order chi connectivity index (χ1) is 6.78. The van der Waals surface area contributed by atoms with Gasteiger partial charge in [0.05, 0.1) is 0 Å². The predicted molar refractivity (Wildman–Crippen MR) is 60.4 cm³/mol. The van der Waals surface area contributed by atoms with Crippen LogP contribution in [-0.4, -0.2) is 37.6 Å². The standard InChI is InChI=1S/C12H24N2/c1-10-6-12(13-2)9-14(7-10)8-11-4-3-5-11/h10-13H,3-9H2,1-2H3. The molecule has 2 unspecified atom stereocenters. The SMILES string of the molecule is CNC1CC(C)CN(CC2CCC2)C1. The molecule has 0 aromatic rings. The van der Waals surface area contributed by atoms with Crippen LogP contribution in [0.5, 0.6) is 0 Å². The number of piperidine rings is 1. The van der Waals surface area contributed by atoms with Crippen LogP contribution in [0, 0.1) is 11.8 Å². The average Bonchev–Trinajstić information content (AvgIpc) is 2.10. The lowest BCUT2D eigenvalue weighted by atomic mass is 9.84. The summed E-state index contributed by atoms with van der Waals surface area (Å²) >= 11 is 0. The highest BCUT2D eigenvalue weighted by molar-refractivity contribution is 4.83. The van der Waals surface area contributed by atoms with Gasteiger partial charge in [0, 0.05) is 25.7 Å². The molecule has 0 aromatic carbocycles. The molecular formula is C12H24N2. The van der Waals surface area contributed by atoms with Gasteiger partial charge in [-0.25, -0.2) is 0 Å². The zero-order valence-electron chi connectivity index (χ0n) is 9.63. The van der Waals surface area contributed by atoms with Crippen molar-refractivity contribution in [3.63, 3.8) is 0 Å². The van der Waals surface area contributed by atoms with Gasteiger partial charge in [0.2, 0.25) is 0 Å². The Morgan fingerprint density at radius 2 is 2.07 bits per heavy atom. The molecule has 0 spiro atoms. The van der Waals surface area contributed by atoms with E-state index in [1.807, 2.05) is 0 Å². The van der Waals surface area contributed by atoms with Gasteiger partial charge in [-0.3, -0.25) is 0 Å². The van der Waals surface area contributed by atoms with E-state index in [4.69, 9.17) is 0 Å². The van der Waals surface area contributed by atoms with E-state index in [9.17, 15) is 0 Å². The molecule has 1 aliphatic heterocycles. The highest BCUT2D eigenvalue weighted by atomic mass is 15.2. The van der Waals surface area contributed by atoms with E-state index in [-0.39, 0.29) is 0 Å². The van der Waals surface area contributed by atoms with Gasteiger partial charge in [-0.2, -0.15) is 0 Å². The third-order valence-corrected chi connectivity index (χ3v) is 3.88. The number of likely N-dealkylation sites (N-methyl/N-ethyl adjacent to an activating group) is 1. The van der Waals surface area contributed by atoms with Crippen molar-refractivity contribution in [2.24, 2.45) is 11.8 Å². The highest BCUT2D eigenvalue weighted by Crippen LogP contribution is 2.28. The summed E-state index contributed by atoms with van der Waals surface area (Å²) in [5.74, 6) is 1.90. The van der Waals surface area contributed by atoms with Gasteiger partial charge in [0.25, 0.3) is 0 Å². The van der Waals surface area contributed by atoms with Crippen molar-refractivity contribution in [1.82, 2.24) is 10.2 Å². The number of likely N-dealkylation sites (tertiary alicyclic amines) is 1. The van der Waals surface area contributed by atoms with Crippen molar-refractivity contribution in [3.05, 3.63) is 0 Å². The summed E-state index contributed by atoms with van der Waals surface area (Å²) in [5.41, 5.74) is 0. The van der Waals surface area contributed by atoms with Crippen LogP contribution < -0.4 is 5.32 Å². The molecule has 14 heavy (non-hydrogen) atoms. The summed E-state index contributed by atoms with van der Waals surface area (Å²) < 4.78 is 0. The van der Waals surface area contributed by atoms with Crippen LogP contribution in [0.2, 0.25) is 0 Å². The average molecular weight is 196 g/mol. The maximum Gasteiger partial charge on any atom is 0.0195 e. The van der Waals surface area contributed by atoms with Gasteiger partial charge in [-0.1, -0.05) is 13.3 Å². The quantitative estimate of drug-likeness (QED) is 0.739. The Labute approximate surface area is 88.1 Å². The molecule has 1 aliphatic carbocycles. The molecule has 0 bridgehead atoms. The van der Waals surface area contributed by atoms with E-state index in [0.29, 0.717) is 0 Å². The second kappa shape index (κ2) is 4.63. The van der Waals surface area contributed by atoms with Crippen LogP contribution in [0.3, 0.4) is 0 Å². The Morgan fingerprint density at radius 3 is 2.64 bits per heavy atom. The lowest BCUT2D eigenvalue weighted by molar-refractivity contribution is 0.110. The van der Waals surface area contributed by atoms with Crippen LogP contribution in [0.25, 0.3) is 0 Å². The molecule has 0 aromatic heterocycles. The lowest BCUT2D eigenvalue weighted by Gasteiger charge is -2.40. The minimum Gasteiger partial charge on any atom is -0.316 e. The molecule has 2 heteroatoms. The Kier molecular flexibility index (Phi) is 3.45. The van der Waals surface area contributed by atoms with Gasteiger partial charge in [-0.05, 0) is 38.1 Å². The van der Waals surface area contributed by atoms with Crippen molar-refractivity contribution >= 4 is 0 Å². The minimum atomic E-state index is 0.735. The Bertz CT molecular complexity index is 175. The van der Waals surface area contributed by atoms with E-state index in [2.05, 4.69) is 24.2 Å². The molecule has 1 saturated heterocycles. The Balaban J connectivity index is 1.78. The molecule has 1 N–H and O–H groups in total. The highest BCUT2D eigenvalue weighted by Gasteiger charge is 2.27. The van der Waals surface area contributed by atoms with Crippen molar-refractivity contribution in [2.75, 3.05) is 26.7 Å². The Morgan fingerprint density at radius 1 is 1.29 bits per heavy atom. The number of nitrogens with zero attached hydrogens (tertiary/aromatic N) is 1. The molecule has 1 saturated carbocycles. The molecule has 2 fully saturated rings. The van der Waals surface area contributed by atoms with Gasteiger partial charge in [0.1, 0.15) is 0 Å². The minimum absolute atomic E-state index is 0.735. The smallest absolute Gasteiger partial charge is 0.0195 e. The maximum atomic E-state index is 3.43. The summed E-state index contributed by atoms with van der Waals surface area (Å²) in [6.07, 6.45) is 5.80. The molecule has 2 atom stereocenters. The fourth-order valence-electron chi connectivity index (χ4n) is 2.86. The van der Waals surface area contributed by atoms with E-state index < -0.39 is 0 Å². The zero-order valence-corrected chi connectivity index (χ0v) is 9.63. The fourth-order valence-corrected chi connectivity index (χ4v) is 2.86. The van der Waals surface area contributed by atoms with Crippen LogP contribution >= 0.6 is 0 Å². The zero-order chi connectivity index (χ0) is 9.97. The van der Waals surface area contributed by atoms with Crippen LogP contribution in [0.1, 0.15) is 32.6 Å². The summed E-state index contributed by atoms with van der Waals surface area (Å²) in [7, 11) is 2.10. The van der Waals surface area contributed by atoms with Gasteiger partial charge in [-0.15, -0.1) is 0 Å². The second-order valence-corrected chi connectivity index (χ2v) is 5.34. The number of hydrogen-bond acceptors (Lipinski definition) is 2. The first-order valence-electron chi connectivity index (χ1n) is 6.17. The number of rotatable bonds is 3. The number of hydrogen-bond donors (Lipinski definition) is 1. The normalized spacial score (nSPS) is 35.6. The van der Waals surface area contributed by atoms with Crippen LogP contribution in [0.4, 0.5) is 0 Å². The third-order valence-electron chi connectivity index (χ3n) is 3.88. The molecule has 2 rings (SSSR count). The van der Waals surface area contributed by atoms with E-state index in [0.717, 1.165) is 17.9 Å². The maximum absolute atomic E-state index is 3.43. The third kappa shape index (κ3) is 2.48. The second-order valence-electron chi connectivity index (χ2n) is 5.34. The molecule has 2 nitrogen and oxygen atoms in total. The van der Waals surface area contributed by atoms with Crippen molar-refractivity contribution in [3.8, 4) is 0 Å². The first-order valence-corrected chi connectivity index (χ1v) is 6.17. The molecule has 82 valence electrons. The summed E-state index contributed by atoms with van der Waals surface area (Å²) in [5, 5.41) is 3.43. The molecule has 1 heterocycles. The van der Waals surface area contributed by atoms with Crippen molar-refractivity contribution < 1.29 is 0 Å². The Hall–Kier alpha value is -0.0800. The molecule has 2 aliphatic rings. The van der Waals surface area contributed by atoms with Crippen LogP contribution in [0.15, 0.2) is 0 Å². The van der Waals surface area contributed by atoms with E-state index >= 15 is 0 Å². The number of nitrogens with one attached hydrogen (secondary N) is 1. The fraction of sp³-hybridized carbons (Fsp3) is 1.00. The summed E-state index contributed by atoms with van der Waals surface area (Å²) in [6, 6.07) is 0.735. The predicted octanol–water partition coefficient (Wildman–Crippen LogP) is 1.72. The summed E-state index contributed by atoms with van der Waals surface area (Å²) in [4.78, 5) is 2.68.